The van der Waals surface area contributed by atoms with E-state index in [4.69, 9.17) is 4.74 Å². The number of pyridine rings is 1. The maximum Gasteiger partial charge on any atom is 0.310 e. The number of aryl methyl sites for hydroxylation is 1. The van der Waals surface area contributed by atoms with Crippen LogP contribution in [0.5, 0.6) is 5.75 Å². The third-order valence-corrected chi connectivity index (χ3v) is 3.67. The summed E-state index contributed by atoms with van der Waals surface area (Å²) in [6.07, 6.45) is 0. The maximum absolute atomic E-state index is 12.4. The first-order valence-corrected chi connectivity index (χ1v) is 6.85. The first-order valence-electron chi connectivity index (χ1n) is 6.40. The van der Waals surface area contributed by atoms with Gasteiger partial charge in [-0.2, -0.15) is 0 Å². The fraction of sp³-hybridized carbons (Fsp3) is 0.143. The van der Waals surface area contributed by atoms with Crippen molar-refractivity contribution < 1.29 is 14.5 Å². The van der Waals surface area contributed by atoms with E-state index in [1.807, 2.05) is 0 Å². The van der Waals surface area contributed by atoms with Crippen LogP contribution in [0.25, 0.3) is 0 Å². The van der Waals surface area contributed by atoms with Crippen LogP contribution in [0.4, 0.5) is 11.5 Å². The number of H-pyrrole nitrogens is 1. The summed E-state index contributed by atoms with van der Waals surface area (Å²) in [6, 6.07) is 5.20. The molecule has 1 amide bonds. The second-order valence-electron chi connectivity index (χ2n) is 4.61. The number of benzene rings is 1. The van der Waals surface area contributed by atoms with Crippen LogP contribution in [-0.4, -0.2) is 22.9 Å². The molecule has 0 unspecified atom stereocenters. The van der Waals surface area contributed by atoms with Crippen LogP contribution in [0.3, 0.4) is 0 Å². The molecule has 2 N–H and O–H groups in total. The Bertz CT molecular complexity index is 847. The zero-order chi connectivity index (χ0) is 17.1. The number of rotatable bonds is 4. The second-order valence-corrected chi connectivity index (χ2v) is 5.05. The highest BCUT2D eigenvalue weighted by Crippen LogP contribution is 2.31. The largest absolute Gasteiger partial charge is 0.495 e. The molecule has 1 aromatic carbocycles. The number of nitro groups is 1. The third-order valence-electron chi connectivity index (χ3n) is 3.11. The number of nitrogens with zero attached hydrogens (tertiary/aromatic N) is 1. The van der Waals surface area contributed by atoms with Gasteiger partial charge in [0.1, 0.15) is 5.75 Å². The Morgan fingerprint density at radius 2 is 2.04 bits per heavy atom. The number of aromatic nitrogens is 1. The summed E-state index contributed by atoms with van der Waals surface area (Å²) in [5, 5.41) is 13.3. The number of ether oxygens (including phenoxy) is 1. The number of aromatic amines is 1. The van der Waals surface area contributed by atoms with Gasteiger partial charge < -0.3 is 15.0 Å². The van der Waals surface area contributed by atoms with Crippen molar-refractivity contribution in [3.63, 3.8) is 0 Å². The lowest BCUT2D eigenvalue weighted by atomic mass is 10.1. The van der Waals surface area contributed by atoms with E-state index >= 15 is 0 Å². The number of anilines is 1. The summed E-state index contributed by atoms with van der Waals surface area (Å²) < 4.78 is 5.17. The minimum Gasteiger partial charge on any atom is -0.495 e. The highest BCUT2D eigenvalue weighted by molar-refractivity contribution is 7.80. The predicted molar refractivity (Wildman–Crippen MR) is 86.7 cm³/mol. The van der Waals surface area contributed by atoms with Crippen molar-refractivity contribution in [2.75, 3.05) is 12.4 Å². The number of carbonyl (C=O) groups excluding carboxylic acids is 1. The van der Waals surface area contributed by atoms with Crippen LogP contribution in [0.15, 0.2) is 34.0 Å². The standard InChI is InChI=1S/C14H13N3O5S/c1-7-3-4-8(11(22-2)12(7)23)14(19)16-13-9(17(20)21)5-6-10(18)15-13/h3-6,23H,1-2H3,(H2,15,16,18,19). The molecule has 2 rings (SSSR count). The van der Waals surface area contributed by atoms with E-state index < -0.39 is 22.1 Å². The molecule has 2 aromatic rings. The van der Waals surface area contributed by atoms with Gasteiger partial charge in [-0.1, -0.05) is 6.07 Å². The van der Waals surface area contributed by atoms with Gasteiger partial charge in [0.05, 0.1) is 17.6 Å². The highest BCUT2D eigenvalue weighted by Gasteiger charge is 2.21. The summed E-state index contributed by atoms with van der Waals surface area (Å²) in [7, 11) is 1.39. The topological polar surface area (TPSA) is 114 Å². The Balaban J connectivity index is 2.45. The number of hydrogen-bond acceptors (Lipinski definition) is 6. The molecule has 0 saturated heterocycles. The minimum atomic E-state index is -0.706. The minimum absolute atomic E-state index is 0.141. The van der Waals surface area contributed by atoms with Crippen molar-refractivity contribution in [3.8, 4) is 5.75 Å². The number of methoxy groups -OCH3 is 1. The quantitative estimate of drug-likeness (QED) is 0.450. The van der Waals surface area contributed by atoms with Crippen LogP contribution in [0, 0.1) is 17.0 Å². The van der Waals surface area contributed by atoms with Gasteiger partial charge in [-0.3, -0.25) is 19.7 Å². The highest BCUT2D eigenvalue weighted by atomic mass is 32.1. The first kappa shape index (κ1) is 16.6. The SMILES string of the molecule is COc1c(C(=O)Nc2[nH]c(=O)ccc2[N+](=O)[O-])ccc(C)c1S. The molecule has 1 heterocycles. The molecule has 8 nitrogen and oxygen atoms in total. The van der Waals surface area contributed by atoms with Crippen molar-refractivity contribution in [1.82, 2.24) is 4.98 Å². The Morgan fingerprint density at radius 3 is 2.65 bits per heavy atom. The van der Waals surface area contributed by atoms with Crippen molar-refractivity contribution in [2.24, 2.45) is 0 Å². The molecule has 0 aliphatic heterocycles. The smallest absolute Gasteiger partial charge is 0.310 e. The van der Waals surface area contributed by atoms with Gasteiger partial charge in [-0.25, -0.2) is 0 Å². The molecule has 0 atom stereocenters. The molecule has 1 aromatic heterocycles. The van der Waals surface area contributed by atoms with Crippen LogP contribution in [-0.2, 0) is 0 Å². The number of hydrogen-bond donors (Lipinski definition) is 3. The Labute approximate surface area is 136 Å². The van der Waals surface area contributed by atoms with E-state index in [1.165, 1.54) is 13.2 Å². The van der Waals surface area contributed by atoms with Crippen molar-refractivity contribution in [2.45, 2.75) is 11.8 Å². The summed E-state index contributed by atoms with van der Waals surface area (Å²) in [6.45, 7) is 1.80. The zero-order valence-corrected chi connectivity index (χ0v) is 13.1. The molecular formula is C14H13N3O5S. The van der Waals surface area contributed by atoms with E-state index in [9.17, 15) is 19.7 Å². The van der Waals surface area contributed by atoms with E-state index in [-0.39, 0.29) is 17.1 Å². The van der Waals surface area contributed by atoms with Crippen LogP contribution >= 0.6 is 12.6 Å². The Kier molecular flexibility index (Phi) is 4.70. The first-order chi connectivity index (χ1) is 10.8. The predicted octanol–water partition coefficient (Wildman–Crippen LogP) is 2.14. The number of amides is 1. The zero-order valence-electron chi connectivity index (χ0n) is 12.2. The van der Waals surface area contributed by atoms with Crippen LogP contribution < -0.4 is 15.6 Å². The fourth-order valence-corrected chi connectivity index (χ4v) is 2.24. The molecule has 9 heteroatoms. The van der Waals surface area contributed by atoms with Crippen molar-refractivity contribution in [1.29, 1.82) is 0 Å². The van der Waals surface area contributed by atoms with E-state index in [1.54, 1.807) is 13.0 Å². The van der Waals surface area contributed by atoms with Crippen LogP contribution in [0.1, 0.15) is 15.9 Å². The normalized spacial score (nSPS) is 10.2. The average molecular weight is 335 g/mol. The maximum atomic E-state index is 12.4. The molecule has 0 radical (unpaired) electrons. The number of nitrogens with one attached hydrogen (secondary N) is 2. The Morgan fingerprint density at radius 1 is 1.35 bits per heavy atom. The lowest BCUT2D eigenvalue weighted by molar-refractivity contribution is -0.384. The molecule has 0 saturated carbocycles. The summed E-state index contributed by atoms with van der Waals surface area (Å²) in [5.41, 5.74) is -0.0466. The average Bonchev–Trinajstić information content (AvgIpc) is 2.49. The van der Waals surface area contributed by atoms with E-state index in [0.29, 0.717) is 4.90 Å². The number of thiol groups is 1. The molecule has 23 heavy (non-hydrogen) atoms. The summed E-state index contributed by atoms with van der Waals surface area (Å²) in [4.78, 5) is 36.7. The molecular weight excluding hydrogens is 322 g/mol. The van der Waals surface area contributed by atoms with Crippen molar-refractivity contribution >= 4 is 30.0 Å². The summed E-state index contributed by atoms with van der Waals surface area (Å²) >= 11 is 4.28. The van der Waals surface area contributed by atoms with Gasteiger partial charge in [0.2, 0.25) is 5.56 Å². The third kappa shape index (κ3) is 3.34. The molecule has 0 fully saturated rings. The fourth-order valence-electron chi connectivity index (χ4n) is 1.95. The van der Waals surface area contributed by atoms with E-state index in [2.05, 4.69) is 22.9 Å². The second kappa shape index (κ2) is 6.53. The van der Waals surface area contributed by atoms with Gasteiger partial charge >= 0.3 is 5.69 Å². The lowest BCUT2D eigenvalue weighted by Crippen LogP contribution is -2.18. The van der Waals surface area contributed by atoms with E-state index in [0.717, 1.165) is 17.7 Å². The van der Waals surface area contributed by atoms with Crippen LogP contribution in [0.2, 0.25) is 0 Å². The Hall–Kier alpha value is -2.81. The number of carbonyl (C=O) groups is 1. The summed E-state index contributed by atoms with van der Waals surface area (Å²) in [5.74, 6) is -0.718. The monoisotopic (exact) mass is 335 g/mol. The molecule has 0 bridgehead atoms. The molecule has 0 aliphatic rings. The van der Waals surface area contributed by atoms with Crippen molar-refractivity contribution in [3.05, 3.63) is 55.9 Å². The van der Waals surface area contributed by atoms with Gasteiger partial charge in [-0.15, -0.1) is 12.6 Å². The van der Waals surface area contributed by atoms with Gasteiger partial charge in [0.25, 0.3) is 5.91 Å². The lowest BCUT2D eigenvalue weighted by Gasteiger charge is -2.12. The van der Waals surface area contributed by atoms with Gasteiger partial charge in [0, 0.05) is 17.0 Å². The molecule has 0 aliphatic carbocycles. The molecule has 120 valence electrons. The molecule has 0 spiro atoms. The van der Waals surface area contributed by atoms with Gasteiger partial charge in [-0.05, 0) is 18.6 Å². The van der Waals surface area contributed by atoms with Gasteiger partial charge in [0.15, 0.2) is 5.82 Å².